The molecule has 2 atom stereocenters. The van der Waals surface area contributed by atoms with Gasteiger partial charge in [-0.05, 0) is 31.7 Å². The van der Waals surface area contributed by atoms with Gasteiger partial charge in [-0.2, -0.15) is 0 Å². The number of likely N-dealkylation sites (N-methyl/N-ethyl adjacent to an activating group) is 1. The minimum Gasteiger partial charge on any atom is -0.383 e. The summed E-state index contributed by atoms with van der Waals surface area (Å²) in [5.41, 5.74) is 0. The standard InChI is InChI=1S/C17H36N4O.HI/c1-15-6-5-7-16(14-15)8-9-19-17(18-2)20-10-11-21(3)12-13-22-4;/h15-16H,5-14H2,1-4H3,(H2,18,19,20);1H. The first-order chi connectivity index (χ1) is 10.7. The van der Waals surface area contributed by atoms with Crippen molar-refractivity contribution in [3.05, 3.63) is 0 Å². The Balaban J connectivity index is 0.00000484. The largest absolute Gasteiger partial charge is 0.383 e. The smallest absolute Gasteiger partial charge is 0.191 e. The number of aliphatic imine (C=N–C) groups is 1. The van der Waals surface area contributed by atoms with Gasteiger partial charge in [0.25, 0.3) is 0 Å². The summed E-state index contributed by atoms with van der Waals surface area (Å²) >= 11 is 0. The number of hydrogen-bond acceptors (Lipinski definition) is 3. The van der Waals surface area contributed by atoms with Crippen molar-refractivity contribution in [3.63, 3.8) is 0 Å². The SMILES string of the molecule is CN=C(NCCC1CCCC(C)C1)NCCN(C)CCOC.I. The molecule has 0 spiro atoms. The summed E-state index contributed by atoms with van der Waals surface area (Å²) in [5.74, 6) is 2.73. The number of guanidine groups is 1. The Morgan fingerprint density at radius 2 is 1.96 bits per heavy atom. The molecule has 0 aromatic heterocycles. The maximum Gasteiger partial charge on any atom is 0.191 e. The highest BCUT2D eigenvalue weighted by Gasteiger charge is 2.18. The van der Waals surface area contributed by atoms with E-state index in [1.54, 1.807) is 7.11 Å². The first-order valence-corrected chi connectivity index (χ1v) is 8.77. The highest BCUT2D eigenvalue weighted by Crippen LogP contribution is 2.30. The van der Waals surface area contributed by atoms with Gasteiger partial charge in [-0.25, -0.2) is 0 Å². The van der Waals surface area contributed by atoms with Crippen molar-refractivity contribution in [1.82, 2.24) is 15.5 Å². The molecule has 1 aliphatic carbocycles. The summed E-state index contributed by atoms with van der Waals surface area (Å²) in [7, 11) is 5.69. The monoisotopic (exact) mass is 440 g/mol. The van der Waals surface area contributed by atoms with Crippen LogP contribution in [0.5, 0.6) is 0 Å². The predicted octanol–water partition coefficient (Wildman–Crippen LogP) is 2.56. The molecular formula is C17H37IN4O. The average molecular weight is 440 g/mol. The Kier molecular flexibility index (Phi) is 14.2. The molecule has 0 radical (unpaired) electrons. The predicted molar refractivity (Wildman–Crippen MR) is 110 cm³/mol. The molecule has 1 saturated carbocycles. The zero-order valence-electron chi connectivity index (χ0n) is 15.4. The van der Waals surface area contributed by atoms with Crippen molar-refractivity contribution in [1.29, 1.82) is 0 Å². The minimum absolute atomic E-state index is 0. The third kappa shape index (κ3) is 11.2. The summed E-state index contributed by atoms with van der Waals surface area (Å²) in [6.45, 7) is 7.05. The lowest BCUT2D eigenvalue weighted by atomic mass is 9.81. The van der Waals surface area contributed by atoms with E-state index in [-0.39, 0.29) is 24.0 Å². The Labute approximate surface area is 160 Å². The molecule has 0 heterocycles. The molecule has 0 saturated heterocycles. The summed E-state index contributed by atoms with van der Waals surface area (Å²) in [5, 5.41) is 6.82. The Hall–Kier alpha value is -0.0800. The van der Waals surface area contributed by atoms with Gasteiger partial charge in [0.05, 0.1) is 6.61 Å². The first kappa shape index (κ1) is 22.9. The molecule has 1 rings (SSSR count). The molecule has 23 heavy (non-hydrogen) atoms. The molecule has 1 fully saturated rings. The third-order valence-corrected chi connectivity index (χ3v) is 4.58. The van der Waals surface area contributed by atoms with Gasteiger partial charge in [0, 0.05) is 40.3 Å². The van der Waals surface area contributed by atoms with Crippen LogP contribution < -0.4 is 10.6 Å². The molecule has 0 aromatic rings. The molecule has 1 aliphatic rings. The zero-order chi connectivity index (χ0) is 16.2. The quantitative estimate of drug-likeness (QED) is 0.329. The van der Waals surface area contributed by atoms with Crippen LogP contribution in [-0.4, -0.2) is 64.9 Å². The lowest BCUT2D eigenvalue weighted by molar-refractivity contribution is 0.162. The van der Waals surface area contributed by atoms with Crippen LogP contribution in [0.15, 0.2) is 4.99 Å². The molecule has 0 bridgehead atoms. The van der Waals surface area contributed by atoms with Crippen molar-refractivity contribution in [3.8, 4) is 0 Å². The van der Waals surface area contributed by atoms with Crippen LogP contribution in [0.3, 0.4) is 0 Å². The van der Waals surface area contributed by atoms with Gasteiger partial charge >= 0.3 is 0 Å². The lowest BCUT2D eigenvalue weighted by Gasteiger charge is -2.27. The van der Waals surface area contributed by atoms with E-state index in [9.17, 15) is 0 Å². The van der Waals surface area contributed by atoms with Crippen molar-refractivity contribution in [2.75, 3.05) is 54.0 Å². The van der Waals surface area contributed by atoms with Gasteiger partial charge in [0.2, 0.25) is 0 Å². The number of halogens is 1. The number of nitrogens with zero attached hydrogens (tertiary/aromatic N) is 2. The van der Waals surface area contributed by atoms with E-state index in [4.69, 9.17) is 4.74 Å². The number of nitrogens with one attached hydrogen (secondary N) is 2. The van der Waals surface area contributed by atoms with Crippen LogP contribution in [0, 0.1) is 11.8 Å². The molecule has 0 amide bonds. The molecule has 2 unspecified atom stereocenters. The highest BCUT2D eigenvalue weighted by molar-refractivity contribution is 14.0. The molecule has 0 aromatic carbocycles. The van der Waals surface area contributed by atoms with E-state index in [0.29, 0.717) is 0 Å². The fourth-order valence-corrected chi connectivity index (χ4v) is 3.16. The van der Waals surface area contributed by atoms with E-state index in [1.807, 2.05) is 7.05 Å². The summed E-state index contributed by atoms with van der Waals surface area (Å²) in [6.07, 6.45) is 6.90. The normalized spacial score (nSPS) is 21.9. The summed E-state index contributed by atoms with van der Waals surface area (Å²) in [6, 6.07) is 0. The second-order valence-electron chi connectivity index (χ2n) is 6.65. The van der Waals surface area contributed by atoms with E-state index in [2.05, 4.69) is 34.5 Å². The van der Waals surface area contributed by atoms with Gasteiger partial charge in [-0.15, -0.1) is 24.0 Å². The van der Waals surface area contributed by atoms with Gasteiger partial charge in [-0.3, -0.25) is 4.99 Å². The molecule has 2 N–H and O–H groups in total. The molecule has 6 heteroatoms. The van der Waals surface area contributed by atoms with Crippen molar-refractivity contribution in [2.24, 2.45) is 16.8 Å². The molecule has 0 aliphatic heterocycles. The van der Waals surface area contributed by atoms with Gasteiger partial charge in [-0.1, -0.05) is 26.2 Å². The van der Waals surface area contributed by atoms with Crippen LogP contribution in [0.4, 0.5) is 0 Å². The van der Waals surface area contributed by atoms with Crippen LogP contribution in [0.25, 0.3) is 0 Å². The second-order valence-corrected chi connectivity index (χ2v) is 6.65. The number of hydrogen-bond donors (Lipinski definition) is 2. The van der Waals surface area contributed by atoms with Crippen molar-refractivity contribution >= 4 is 29.9 Å². The van der Waals surface area contributed by atoms with Gasteiger partial charge in [0.1, 0.15) is 0 Å². The summed E-state index contributed by atoms with van der Waals surface area (Å²) in [4.78, 5) is 6.55. The lowest BCUT2D eigenvalue weighted by Crippen LogP contribution is -2.42. The van der Waals surface area contributed by atoms with Gasteiger partial charge < -0.3 is 20.3 Å². The minimum atomic E-state index is 0. The van der Waals surface area contributed by atoms with E-state index in [1.165, 1.54) is 32.1 Å². The molecule has 138 valence electrons. The Morgan fingerprint density at radius 1 is 1.22 bits per heavy atom. The summed E-state index contributed by atoms with van der Waals surface area (Å²) < 4.78 is 5.08. The topological polar surface area (TPSA) is 48.9 Å². The first-order valence-electron chi connectivity index (χ1n) is 8.77. The van der Waals surface area contributed by atoms with Crippen LogP contribution in [0.1, 0.15) is 39.0 Å². The molecular weight excluding hydrogens is 403 g/mol. The van der Waals surface area contributed by atoms with Gasteiger partial charge in [0.15, 0.2) is 5.96 Å². The van der Waals surface area contributed by atoms with E-state index < -0.39 is 0 Å². The molecule has 5 nitrogen and oxygen atoms in total. The fourth-order valence-electron chi connectivity index (χ4n) is 3.16. The third-order valence-electron chi connectivity index (χ3n) is 4.58. The zero-order valence-corrected chi connectivity index (χ0v) is 17.8. The number of rotatable bonds is 9. The maximum atomic E-state index is 5.08. The second kappa shape index (κ2) is 14.3. The maximum absolute atomic E-state index is 5.08. The highest BCUT2D eigenvalue weighted by atomic mass is 127. The fraction of sp³-hybridized carbons (Fsp3) is 0.941. The van der Waals surface area contributed by atoms with E-state index in [0.717, 1.165) is 50.6 Å². The van der Waals surface area contributed by atoms with E-state index >= 15 is 0 Å². The van der Waals surface area contributed by atoms with Crippen molar-refractivity contribution in [2.45, 2.75) is 39.0 Å². The Bertz CT molecular complexity index is 315. The Morgan fingerprint density at radius 3 is 2.61 bits per heavy atom. The van der Waals surface area contributed by atoms with Crippen LogP contribution >= 0.6 is 24.0 Å². The number of methoxy groups -OCH3 is 1. The van der Waals surface area contributed by atoms with Crippen LogP contribution in [0.2, 0.25) is 0 Å². The van der Waals surface area contributed by atoms with Crippen LogP contribution in [-0.2, 0) is 4.74 Å². The van der Waals surface area contributed by atoms with Crippen molar-refractivity contribution < 1.29 is 4.74 Å². The average Bonchev–Trinajstić information content (AvgIpc) is 2.51. The number of ether oxygens (including phenoxy) is 1.